The number of anilines is 2. The second-order valence-corrected chi connectivity index (χ2v) is 5.29. The molecule has 1 aromatic heterocycles. The highest BCUT2D eigenvalue weighted by Crippen LogP contribution is 2.26. The average Bonchev–Trinajstić information content (AvgIpc) is 2.88. The lowest BCUT2D eigenvalue weighted by Crippen LogP contribution is -2.07. The number of ether oxygens (including phenoxy) is 2. The number of hydrogen-bond donors (Lipinski definition) is 1. The molecule has 0 bridgehead atoms. The Morgan fingerprint density at radius 2 is 2.24 bits per heavy atom. The normalized spacial score (nSPS) is 10.2. The lowest BCUT2D eigenvalue weighted by molar-refractivity contribution is -0.142. The van der Waals surface area contributed by atoms with Crippen LogP contribution in [0.4, 0.5) is 10.8 Å². The Morgan fingerprint density at radius 1 is 1.43 bits per heavy atom. The van der Waals surface area contributed by atoms with E-state index in [4.69, 9.17) is 9.47 Å². The van der Waals surface area contributed by atoms with E-state index < -0.39 is 0 Å². The van der Waals surface area contributed by atoms with Crippen molar-refractivity contribution in [1.29, 1.82) is 0 Å². The molecular weight excluding hydrogens is 288 g/mol. The molecule has 6 heteroatoms. The number of aromatic nitrogens is 1. The van der Waals surface area contributed by atoms with E-state index in [1.165, 1.54) is 11.3 Å². The van der Waals surface area contributed by atoms with E-state index in [1.807, 2.05) is 30.5 Å². The third kappa shape index (κ3) is 4.19. The molecule has 0 saturated carbocycles. The van der Waals surface area contributed by atoms with Crippen LogP contribution < -0.4 is 10.1 Å². The van der Waals surface area contributed by atoms with Crippen LogP contribution in [0.2, 0.25) is 0 Å². The van der Waals surface area contributed by atoms with Crippen LogP contribution in [0.15, 0.2) is 23.6 Å². The number of hydrogen-bond acceptors (Lipinski definition) is 6. The number of benzene rings is 1. The molecule has 112 valence electrons. The van der Waals surface area contributed by atoms with Crippen molar-refractivity contribution in [2.75, 3.05) is 19.0 Å². The summed E-state index contributed by atoms with van der Waals surface area (Å²) in [7, 11) is 1.64. The van der Waals surface area contributed by atoms with Crippen LogP contribution in [-0.4, -0.2) is 24.7 Å². The van der Waals surface area contributed by atoms with Gasteiger partial charge in [0.05, 0.1) is 25.8 Å². The molecule has 0 fully saturated rings. The molecule has 0 unspecified atom stereocenters. The van der Waals surface area contributed by atoms with E-state index in [1.54, 1.807) is 14.0 Å². The third-order valence-electron chi connectivity index (χ3n) is 2.86. The number of methoxy groups -OCH3 is 1. The van der Waals surface area contributed by atoms with E-state index in [-0.39, 0.29) is 12.4 Å². The van der Waals surface area contributed by atoms with Crippen LogP contribution in [0.1, 0.15) is 18.2 Å². The van der Waals surface area contributed by atoms with E-state index in [0.717, 1.165) is 22.1 Å². The molecule has 0 saturated heterocycles. The highest BCUT2D eigenvalue weighted by Gasteiger charge is 2.09. The van der Waals surface area contributed by atoms with E-state index in [9.17, 15) is 4.79 Å². The molecule has 0 aliphatic carbocycles. The van der Waals surface area contributed by atoms with Crippen molar-refractivity contribution in [1.82, 2.24) is 4.98 Å². The Bertz CT molecular complexity index is 625. The molecule has 5 nitrogen and oxygen atoms in total. The number of rotatable bonds is 6. The molecule has 2 aromatic rings. The van der Waals surface area contributed by atoms with Crippen LogP contribution in [0.5, 0.6) is 5.75 Å². The second kappa shape index (κ2) is 7.08. The minimum atomic E-state index is -0.255. The first kappa shape index (κ1) is 15.3. The first-order chi connectivity index (χ1) is 10.1. The lowest BCUT2D eigenvalue weighted by Gasteiger charge is -2.08. The van der Waals surface area contributed by atoms with Crippen LogP contribution in [0.3, 0.4) is 0 Å². The fourth-order valence-corrected chi connectivity index (χ4v) is 2.55. The molecule has 0 aliphatic heterocycles. The average molecular weight is 306 g/mol. The smallest absolute Gasteiger partial charge is 0.311 e. The molecule has 1 N–H and O–H groups in total. The second-order valence-electron chi connectivity index (χ2n) is 4.43. The Labute approximate surface area is 127 Å². The molecule has 0 spiro atoms. The monoisotopic (exact) mass is 306 g/mol. The number of carbonyl (C=O) groups excluding carboxylic acids is 1. The summed E-state index contributed by atoms with van der Waals surface area (Å²) in [6, 6.07) is 5.79. The summed E-state index contributed by atoms with van der Waals surface area (Å²) in [5, 5.41) is 5.86. The van der Waals surface area contributed by atoms with Crippen LogP contribution in [0.25, 0.3) is 0 Å². The van der Waals surface area contributed by atoms with Crippen molar-refractivity contribution >= 4 is 28.1 Å². The number of aryl methyl sites for hydroxylation is 1. The molecule has 0 radical (unpaired) electrons. The van der Waals surface area contributed by atoms with Crippen molar-refractivity contribution < 1.29 is 14.3 Å². The molecule has 0 aliphatic rings. The van der Waals surface area contributed by atoms with Gasteiger partial charge in [0.25, 0.3) is 0 Å². The van der Waals surface area contributed by atoms with Gasteiger partial charge in [0.1, 0.15) is 5.75 Å². The van der Waals surface area contributed by atoms with Crippen molar-refractivity contribution in [2.24, 2.45) is 0 Å². The van der Waals surface area contributed by atoms with E-state index >= 15 is 0 Å². The zero-order valence-electron chi connectivity index (χ0n) is 12.3. The summed E-state index contributed by atoms with van der Waals surface area (Å²) in [5.74, 6) is 0.565. The Morgan fingerprint density at radius 3 is 2.90 bits per heavy atom. The number of thiazole rings is 1. The number of nitrogens with zero attached hydrogens (tertiary/aromatic N) is 1. The SMILES string of the molecule is CCOC(=O)Cc1csc(Nc2ccc(OC)cc2C)n1. The van der Waals surface area contributed by atoms with Gasteiger partial charge in [0.2, 0.25) is 0 Å². The molecule has 1 heterocycles. The fourth-order valence-electron chi connectivity index (χ4n) is 1.82. The Kier molecular flexibility index (Phi) is 5.16. The molecular formula is C15H18N2O3S. The van der Waals surface area contributed by atoms with Gasteiger partial charge in [0.15, 0.2) is 5.13 Å². The van der Waals surface area contributed by atoms with Crippen LogP contribution >= 0.6 is 11.3 Å². The topological polar surface area (TPSA) is 60.5 Å². The number of esters is 1. The van der Waals surface area contributed by atoms with Crippen molar-refractivity contribution in [3.8, 4) is 5.75 Å². The van der Waals surface area contributed by atoms with E-state index in [2.05, 4.69) is 10.3 Å². The molecule has 0 amide bonds. The van der Waals surface area contributed by atoms with Gasteiger partial charge in [-0.15, -0.1) is 11.3 Å². The van der Waals surface area contributed by atoms with Gasteiger partial charge in [-0.3, -0.25) is 4.79 Å². The molecule has 1 aromatic carbocycles. The zero-order chi connectivity index (χ0) is 15.2. The standard InChI is InChI=1S/C15H18N2O3S/c1-4-20-14(18)8-11-9-21-15(16-11)17-13-6-5-12(19-3)7-10(13)2/h5-7,9H,4,8H2,1-3H3,(H,16,17). The number of nitrogens with one attached hydrogen (secondary N) is 1. The number of carbonyl (C=O) groups is 1. The summed E-state index contributed by atoms with van der Waals surface area (Å²) in [5.41, 5.74) is 2.75. The quantitative estimate of drug-likeness (QED) is 0.830. The van der Waals surface area contributed by atoms with Crippen molar-refractivity contribution in [3.63, 3.8) is 0 Å². The van der Waals surface area contributed by atoms with Gasteiger partial charge in [0, 0.05) is 11.1 Å². The summed E-state index contributed by atoms with van der Waals surface area (Å²) in [6.07, 6.45) is 0.202. The highest BCUT2D eigenvalue weighted by atomic mass is 32.1. The van der Waals surface area contributed by atoms with Gasteiger partial charge in [-0.25, -0.2) is 4.98 Å². The predicted octanol–water partition coefficient (Wildman–Crippen LogP) is 3.31. The minimum absolute atomic E-state index is 0.202. The maximum Gasteiger partial charge on any atom is 0.311 e. The van der Waals surface area contributed by atoms with Crippen molar-refractivity contribution in [3.05, 3.63) is 34.8 Å². The maximum absolute atomic E-state index is 11.4. The molecule has 0 atom stereocenters. The van der Waals surface area contributed by atoms with Crippen LogP contribution in [-0.2, 0) is 16.0 Å². The highest BCUT2D eigenvalue weighted by molar-refractivity contribution is 7.13. The Hall–Kier alpha value is -2.08. The zero-order valence-corrected chi connectivity index (χ0v) is 13.1. The summed E-state index contributed by atoms with van der Waals surface area (Å²) >= 11 is 1.46. The van der Waals surface area contributed by atoms with Crippen molar-refractivity contribution in [2.45, 2.75) is 20.3 Å². The van der Waals surface area contributed by atoms with Gasteiger partial charge in [-0.2, -0.15) is 0 Å². The molecule has 2 rings (SSSR count). The maximum atomic E-state index is 11.4. The first-order valence-corrected chi connectivity index (χ1v) is 7.52. The van der Waals surface area contributed by atoms with Gasteiger partial charge in [-0.05, 0) is 37.6 Å². The summed E-state index contributed by atoms with van der Waals surface area (Å²) in [6.45, 7) is 4.18. The predicted molar refractivity (Wildman–Crippen MR) is 83.5 cm³/mol. The largest absolute Gasteiger partial charge is 0.497 e. The van der Waals surface area contributed by atoms with Crippen LogP contribution in [0, 0.1) is 6.92 Å². The van der Waals surface area contributed by atoms with Gasteiger partial charge >= 0.3 is 5.97 Å². The molecule has 21 heavy (non-hydrogen) atoms. The third-order valence-corrected chi connectivity index (χ3v) is 3.66. The van der Waals surface area contributed by atoms with Gasteiger partial charge in [-0.1, -0.05) is 0 Å². The summed E-state index contributed by atoms with van der Waals surface area (Å²) in [4.78, 5) is 15.8. The van der Waals surface area contributed by atoms with Gasteiger partial charge < -0.3 is 14.8 Å². The Balaban J connectivity index is 2.04. The fraction of sp³-hybridized carbons (Fsp3) is 0.333. The van der Waals surface area contributed by atoms with E-state index in [0.29, 0.717) is 12.3 Å². The summed E-state index contributed by atoms with van der Waals surface area (Å²) < 4.78 is 10.1. The lowest BCUT2D eigenvalue weighted by atomic mass is 10.2. The minimum Gasteiger partial charge on any atom is -0.497 e. The first-order valence-electron chi connectivity index (χ1n) is 6.64.